The molecule has 1 aromatic carbocycles. The fourth-order valence-electron chi connectivity index (χ4n) is 2.03. The van der Waals surface area contributed by atoms with Crippen LogP contribution in [0.3, 0.4) is 0 Å². The molecule has 0 spiro atoms. The third-order valence-electron chi connectivity index (χ3n) is 3.37. The van der Waals surface area contributed by atoms with E-state index in [1.54, 1.807) is 30.0 Å². The van der Waals surface area contributed by atoms with Crippen LogP contribution in [0, 0.1) is 17.0 Å². The zero-order valence-corrected chi connectivity index (χ0v) is 15.7. The molecule has 0 unspecified atom stereocenters. The number of carbonyl (C=O) groups is 2. The third kappa shape index (κ3) is 6.16. The maximum atomic E-state index is 11.9. The number of thiophene rings is 1. The monoisotopic (exact) mass is 394 g/mol. The summed E-state index contributed by atoms with van der Waals surface area (Å²) in [5, 5.41) is 15.6. The molecule has 0 saturated carbocycles. The van der Waals surface area contributed by atoms with E-state index >= 15 is 0 Å². The van der Waals surface area contributed by atoms with E-state index in [2.05, 4.69) is 11.4 Å². The van der Waals surface area contributed by atoms with E-state index in [4.69, 9.17) is 4.74 Å². The highest BCUT2D eigenvalue weighted by atomic mass is 32.2. The van der Waals surface area contributed by atoms with E-state index in [1.165, 1.54) is 17.0 Å². The lowest BCUT2D eigenvalue weighted by Crippen LogP contribution is -2.30. The van der Waals surface area contributed by atoms with Crippen molar-refractivity contribution in [2.45, 2.75) is 12.7 Å². The molecule has 2 rings (SSSR count). The first-order valence-corrected chi connectivity index (χ1v) is 9.80. The van der Waals surface area contributed by atoms with Crippen LogP contribution in [-0.2, 0) is 15.3 Å². The minimum absolute atomic E-state index is 0.0432. The standard InChI is InChI=1S/C17H18N2O5S2/c1-12-4-5-13(9-15(12)19(22)23)17(21)24-10-16(20)18-6-8-25-11-14-3-2-7-26-14/h2-5,7,9H,6,8,10-11H2,1H3,(H,18,20). The van der Waals surface area contributed by atoms with Gasteiger partial charge in [0.15, 0.2) is 6.61 Å². The van der Waals surface area contributed by atoms with Gasteiger partial charge in [0.1, 0.15) is 0 Å². The zero-order valence-electron chi connectivity index (χ0n) is 14.1. The number of aryl methyl sites for hydroxylation is 1. The van der Waals surface area contributed by atoms with Crippen LogP contribution < -0.4 is 5.32 Å². The second-order valence-electron chi connectivity index (χ2n) is 5.32. The zero-order chi connectivity index (χ0) is 18.9. The van der Waals surface area contributed by atoms with E-state index < -0.39 is 23.4 Å². The number of hydrogen-bond acceptors (Lipinski definition) is 7. The van der Waals surface area contributed by atoms with Gasteiger partial charge in [-0.3, -0.25) is 14.9 Å². The van der Waals surface area contributed by atoms with Gasteiger partial charge in [-0.25, -0.2) is 4.79 Å². The van der Waals surface area contributed by atoms with E-state index in [9.17, 15) is 19.7 Å². The molecule has 138 valence electrons. The van der Waals surface area contributed by atoms with Gasteiger partial charge in [0.05, 0.1) is 10.5 Å². The Labute approximate surface area is 158 Å². The van der Waals surface area contributed by atoms with Gasteiger partial charge in [0.2, 0.25) is 0 Å². The molecule has 9 heteroatoms. The minimum Gasteiger partial charge on any atom is -0.452 e. The SMILES string of the molecule is Cc1ccc(C(=O)OCC(=O)NCCSCc2cccs2)cc1[N+](=O)[O-]. The topological polar surface area (TPSA) is 98.5 Å². The average Bonchev–Trinajstić information content (AvgIpc) is 3.13. The predicted octanol–water partition coefficient (Wildman–Crippen LogP) is 3.17. The first-order chi connectivity index (χ1) is 12.5. The lowest BCUT2D eigenvalue weighted by molar-refractivity contribution is -0.385. The molecule has 0 bridgehead atoms. The third-order valence-corrected chi connectivity index (χ3v) is 5.44. The average molecular weight is 394 g/mol. The van der Waals surface area contributed by atoms with Crippen molar-refractivity contribution in [1.82, 2.24) is 5.32 Å². The first kappa shape index (κ1) is 19.9. The number of carbonyl (C=O) groups excluding carboxylic acids is 2. The van der Waals surface area contributed by atoms with Gasteiger partial charge in [-0.15, -0.1) is 11.3 Å². The summed E-state index contributed by atoms with van der Waals surface area (Å²) in [5.74, 6) is 0.475. The molecular weight excluding hydrogens is 376 g/mol. The van der Waals surface area contributed by atoms with Crippen molar-refractivity contribution in [2.75, 3.05) is 18.9 Å². The Morgan fingerprint density at radius 3 is 2.85 bits per heavy atom. The van der Waals surface area contributed by atoms with Gasteiger partial charge in [-0.05, 0) is 24.4 Å². The van der Waals surface area contributed by atoms with Crippen LogP contribution in [0.15, 0.2) is 35.7 Å². The summed E-state index contributed by atoms with van der Waals surface area (Å²) in [7, 11) is 0. The van der Waals surface area contributed by atoms with Crippen molar-refractivity contribution in [3.8, 4) is 0 Å². The molecule has 0 radical (unpaired) electrons. The van der Waals surface area contributed by atoms with Gasteiger partial charge in [0, 0.05) is 34.6 Å². The van der Waals surface area contributed by atoms with Gasteiger partial charge in [-0.2, -0.15) is 11.8 Å². The molecule has 2 aromatic rings. The number of hydrogen-bond donors (Lipinski definition) is 1. The van der Waals surface area contributed by atoms with Crippen molar-refractivity contribution in [2.24, 2.45) is 0 Å². The Balaban J connectivity index is 1.69. The lowest BCUT2D eigenvalue weighted by Gasteiger charge is -2.07. The lowest BCUT2D eigenvalue weighted by atomic mass is 10.1. The Bertz CT molecular complexity index is 777. The summed E-state index contributed by atoms with van der Waals surface area (Å²) < 4.78 is 4.90. The van der Waals surface area contributed by atoms with Crippen molar-refractivity contribution in [3.05, 3.63) is 61.8 Å². The van der Waals surface area contributed by atoms with Gasteiger partial charge in [-0.1, -0.05) is 12.1 Å². The number of nitro groups is 1. The number of rotatable bonds is 9. The van der Waals surface area contributed by atoms with Crippen molar-refractivity contribution in [3.63, 3.8) is 0 Å². The first-order valence-electron chi connectivity index (χ1n) is 7.76. The predicted molar refractivity (Wildman–Crippen MR) is 102 cm³/mol. The number of amides is 1. The number of nitrogens with one attached hydrogen (secondary N) is 1. The van der Waals surface area contributed by atoms with Crippen LogP contribution in [0.5, 0.6) is 0 Å². The van der Waals surface area contributed by atoms with Crippen molar-refractivity contribution in [1.29, 1.82) is 0 Å². The molecular formula is C17H18N2O5S2. The Hall–Kier alpha value is -2.39. The summed E-state index contributed by atoms with van der Waals surface area (Å²) in [5.41, 5.74) is 0.331. The summed E-state index contributed by atoms with van der Waals surface area (Å²) in [6, 6.07) is 8.12. The Morgan fingerprint density at radius 2 is 2.15 bits per heavy atom. The van der Waals surface area contributed by atoms with E-state index in [0.29, 0.717) is 12.1 Å². The Kier molecular flexibility index (Phi) is 7.61. The number of thioether (sulfide) groups is 1. The van der Waals surface area contributed by atoms with E-state index in [-0.39, 0.29) is 11.3 Å². The molecule has 1 N–H and O–H groups in total. The molecule has 1 aromatic heterocycles. The molecule has 7 nitrogen and oxygen atoms in total. The van der Waals surface area contributed by atoms with Crippen LogP contribution in [0.1, 0.15) is 20.8 Å². The van der Waals surface area contributed by atoms with Crippen molar-refractivity contribution < 1.29 is 19.2 Å². The van der Waals surface area contributed by atoms with Crippen molar-refractivity contribution >= 4 is 40.7 Å². The quantitative estimate of drug-likeness (QED) is 0.304. The molecule has 26 heavy (non-hydrogen) atoms. The van der Waals surface area contributed by atoms with Gasteiger partial charge in [0.25, 0.3) is 11.6 Å². The maximum absolute atomic E-state index is 11.9. The van der Waals surface area contributed by atoms with Crippen LogP contribution in [0.25, 0.3) is 0 Å². The minimum atomic E-state index is -0.768. The molecule has 0 aliphatic carbocycles. The second kappa shape index (κ2) is 9.93. The van der Waals surface area contributed by atoms with Gasteiger partial charge < -0.3 is 10.1 Å². The van der Waals surface area contributed by atoms with Crippen LogP contribution in [-0.4, -0.2) is 35.7 Å². The molecule has 0 saturated heterocycles. The van der Waals surface area contributed by atoms with E-state index in [1.807, 2.05) is 11.4 Å². The highest BCUT2D eigenvalue weighted by Gasteiger charge is 2.16. The number of esters is 1. The maximum Gasteiger partial charge on any atom is 0.338 e. The fraction of sp³-hybridized carbons (Fsp3) is 0.294. The molecule has 0 aliphatic heterocycles. The number of nitrogens with zero attached hydrogens (tertiary/aromatic N) is 1. The summed E-state index contributed by atoms with van der Waals surface area (Å²) in [6.45, 7) is 1.63. The smallest absolute Gasteiger partial charge is 0.338 e. The molecule has 1 amide bonds. The van der Waals surface area contributed by atoms with Crippen LogP contribution >= 0.6 is 23.1 Å². The fourth-order valence-corrected chi connectivity index (χ4v) is 3.73. The molecule has 0 fully saturated rings. The second-order valence-corrected chi connectivity index (χ2v) is 7.45. The summed E-state index contributed by atoms with van der Waals surface area (Å²) in [4.78, 5) is 35.2. The number of benzene rings is 1. The van der Waals surface area contributed by atoms with Crippen LogP contribution in [0.4, 0.5) is 5.69 Å². The summed E-state index contributed by atoms with van der Waals surface area (Å²) in [6.07, 6.45) is 0. The van der Waals surface area contributed by atoms with E-state index in [0.717, 1.165) is 17.6 Å². The summed E-state index contributed by atoms with van der Waals surface area (Å²) >= 11 is 3.40. The molecule has 0 atom stereocenters. The van der Waals surface area contributed by atoms with Crippen LogP contribution in [0.2, 0.25) is 0 Å². The molecule has 0 aliphatic rings. The normalized spacial score (nSPS) is 10.3. The highest BCUT2D eigenvalue weighted by molar-refractivity contribution is 7.98. The van der Waals surface area contributed by atoms with Gasteiger partial charge >= 0.3 is 5.97 Å². The Morgan fingerprint density at radius 1 is 1.35 bits per heavy atom. The highest BCUT2D eigenvalue weighted by Crippen LogP contribution is 2.19. The number of nitro benzene ring substituents is 1. The number of ether oxygens (including phenoxy) is 1. The largest absolute Gasteiger partial charge is 0.452 e. The molecule has 1 heterocycles.